The number of hydrogen-bond donors (Lipinski definition) is 1. The third-order valence-electron chi connectivity index (χ3n) is 3.92. The van der Waals surface area contributed by atoms with Gasteiger partial charge in [0.05, 0.1) is 22.5 Å². The molecule has 0 aliphatic rings. The Morgan fingerprint density at radius 3 is 2.62 bits per heavy atom. The lowest BCUT2D eigenvalue weighted by atomic mass is 10.1. The number of fused-ring (bicyclic) bond motifs is 1. The molecule has 0 bridgehead atoms. The minimum Gasteiger partial charge on any atom is -0.301 e. The summed E-state index contributed by atoms with van der Waals surface area (Å²) in [6, 6.07) is 8.75. The van der Waals surface area contributed by atoms with Gasteiger partial charge in [0.25, 0.3) is 0 Å². The molecule has 2 unspecified atom stereocenters. The van der Waals surface area contributed by atoms with Crippen LogP contribution < -0.4 is 5.32 Å². The van der Waals surface area contributed by atoms with Gasteiger partial charge in [0.15, 0.2) is 0 Å². The summed E-state index contributed by atoms with van der Waals surface area (Å²) in [5, 5.41) is 9.07. The van der Waals surface area contributed by atoms with Crippen molar-refractivity contribution in [2.75, 3.05) is 0 Å². The smallest absolute Gasteiger partial charge is 0.111 e. The van der Waals surface area contributed by atoms with Crippen LogP contribution in [0.5, 0.6) is 0 Å². The third kappa shape index (κ3) is 2.71. The number of aromatic nitrogens is 3. The molecule has 5 heteroatoms. The molecule has 110 valence electrons. The maximum Gasteiger partial charge on any atom is 0.111 e. The van der Waals surface area contributed by atoms with Crippen LogP contribution >= 0.6 is 11.3 Å². The highest BCUT2D eigenvalue weighted by Gasteiger charge is 2.17. The van der Waals surface area contributed by atoms with Gasteiger partial charge in [-0.1, -0.05) is 12.1 Å². The Hall–Kier alpha value is -1.72. The number of benzene rings is 1. The van der Waals surface area contributed by atoms with Crippen molar-refractivity contribution in [2.45, 2.75) is 32.9 Å². The van der Waals surface area contributed by atoms with E-state index in [9.17, 15) is 0 Å². The van der Waals surface area contributed by atoms with Crippen LogP contribution in [0.3, 0.4) is 0 Å². The van der Waals surface area contributed by atoms with Crippen LogP contribution in [-0.4, -0.2) is 14.8 Å². The van der Waals surface area contributed by atoms with Crippen LogP contribution in [0.25, 0.3) is 10.2 Å². The molecule has 0 aliphatic heterocycles. The molecule has 1 aromatic carbocycles. The van der Waals surface area contributed by atoms with Crippen LogP contribution in [0.15, 0.2) is 30.5 Å². The highest BCUT2D eigenvalue weighted by atomic mass is 32.1. The standard InChI is InChI=1S/C16H20N4S/c1-10(13-9-17-20(4)12(13)3)18-11(2)16-19-14-7-5-6-8-15(14)21-16/h5-11,18H,1-4H3. The van der Waals surface area contributed by atoms with Gasteiger partial charge in [-0.2, -0.15) is 5.10 Å². The summed E-state index contributed by atoms with van der Waals surface area (Å²) in [5.74, 6) is 0. The first-order valence-corrected chi connectivity index (χ1v) is 7.98. The Morgan fingerprint density at radius 2 is 1.95 bits per heavy atom. The molecule has 1 N–H and O–H groups in total. The van der Waals surface area contributed by atoms with Gasteiger partial charge in [0, 0.05) is 24.3 Å². The molecule has 2 heterocycles. The lowest BCUT2D eigenvalue weighted by Crippen LogP contribution is -2.22. The van der Waals surface area contributed by atoms with E-state index in [-0.39, 0.29) is 12.1 Å². The molecule has 2 aromatic heterocycles. The van der Waals surface area contributed by atoms with E-state index in [1.165, 1.54) is 16.0 Å². The zero-order valence-corrected chi connectivity index (χ0v) is 13.6. The largest absolute Gasteiger partial charge is 0.301 e. The number of nitrogens with one attached hydrogen (secondary N) is 1. The van der Waals surface area contributed by atoms with Gasteiger partial charge >= 0.3 is 0 Å². The number of aryl methyl sites for hydroxylation is 1. The molecule has 0 radical (unpaired) electrons. The maximum absolute atomic E-state index is 4.72. The second-order valence-electron chi connectivity index (χ2n) is 5.44. The van der Waals surface area contributed by atoms with E-state index >= 15 is 0 Å². The van der Waals surface area contributed by atoms with E-state index in [1.807, 2.05) is 24.0 Å². The Labute approximate surface area is 128 Å². The molecule has 0 saturated carbocycles. The molecule has 3 aromatic rings. The fourth-order valence-electron chi connectivity index (χ4n) is 2.55. The van der Waals surface area contributed by atoms with Crippen molar-refractivity contribution < 1.29 is 0 Å². The lowest BCUT2D eigenvalue weighted by Gasteiger charge is -2.18. The van der Waals surface area contributed by atoms with E-state index in [4.69, 9.17) is 4.98 Å². The highest BCUT2D eigenvalue weighted by molar-refractivity contribution is 7.18. The average molecular weight is 300 g/mol. The summed E-state index contributed by atoms with van der Waals surface area (Å²) in [6.45, 7) is 6.44. The summed E-state index contributed by atoms with van der Waals surface area (Å²) < 4.78 is 3.15. The van der Waals surface area contributed by atoms with E-state index < -0.39 is 0 Å². The minimum absolute atomic E-state index is 0.219. The molecule has 0 saturated heterocycles. The molecule has 0 fully saturated rings. The van der Waals surface area contributed by atoms with Crippen molar-refractivity contribution in [1.29, 1.82) is 0 Å². The second-order valence-corrected chi connectivity index (χ2v) is 6.50. The first-order valence-electron chi connectivity index (χ1n) is 7.16. The summed E-state index contributed by atoms with van der Waals surface area (Å²) in [4.78, 5) is 4.72. The van der Waals surface area contributed by atoms with Crippen molar-refractivity contribution >= 4 is 21.6 Å². The number of hydrogen-bond acceptors (Lipinski definition) is 4. The maximum atomic E-state index is 4.72. The van der Waals surface area contributed by atoms with Crippen LogP contribution in [0, 0.1) is 6.92 Å². The molecule has 0 amide bonds. The van der Waals surface area contributed by atoms with E-state index in [1.54, 1.807) is 11.3 Å². The summed E-state index contributed by atoms with van der Waals surface area (Å²) >= 11 is 1.76. The lowest BCUT2D eigenvalue weighted by molar-refractivity contribution is 0.491. The SMILES string of the molecule is Cc1c(C(C)NC(C)c2nc3ccccc3s2)cnn1C. The van der Waals surface area contributed by atoms with Gasteiger partial charge < -0.3 is 5.32 Å². The number of nitrogens with zero attached hydrogens (tertiary/aromatic N) is 3. The van der Waals surface area contributed by atoms with Crippen molar-refractivity contribution in [3.05, 3.63) is 46.7 Å². The Bertz CT molecular complexity index is 726. The normalized spacial score (nSPS) is 14.5. The number of rotatable bonds is 4. The third-order valence-corrected chi connectivity index (χ3v) is 5.14. The Kier molecular flexibility index (Phi) is 3.78. The first-order chi connectivity index (χ1) is 10.1. The van der Waals surface area contributed by atoms with Crippen molar-refractivity contribution in [1.82, 2.24) is 20.1 Å². The molecule has 0 spiro atoms. The van der Waals surface area contributed by atoms with Crippen molar-refractivity contribution in [2.24, 2.45) is 7.05 Å². The topological polar surface area (TPSA) is 42.7 Å². The molecule has 2 atom stereocenters. The monoisotopic (exact) mass is 300 g/mol. The van der Waals surface area contributed by atoms with Gasteiger partial charge in [-0.3, -0.25) is 4.68 Å². The second kappa shape index (κ2) is 5.58. The van der Waals surface area contributed by atoms with Gasteiger partial charge in [0.1, 0.15) is 5.01 Å². The van der Waals surface area contributed by atoms with Gasteiger partial charge in [-0.15, -0.1) is 11.3 Å². The molecule has 3 rings (SSSR count). The molecule has 0 aliphatic carbocycles. The first kappa shape index (κ1) is 14.2. The van der Waals surface area contributed by atoms with Crippen molar-refractivity contribution in [3.8, 4) is 0 Å². The van der Waals surface area contributed by atoms with E-state index in [0.717, 1.165) is 10.5 Å². The van der Waals surface area contributed by atoms with Crippen LogP contribution in [0.4, 0.5) is 0 Å². The zero-order chi connectivity index (χ0) is 15.0. The van der Waals surface area contributed by atoms with Gasteiger partial charge in [0.2, 0.25) is 0 Å². The van der Waals surface area contributed by atoms with Crippen molar-refractivity contribution in [3.63, 3.8) is 0 Å². The highest BCUT2D eigenvalue weighted by Crippen LogP contribution is 2.28. The van der Waals surface area contributed by atoms with E-state index in [0.29, 0.717) is 0 Å². The number of para-hydroxylation sites is 1. The predicted octanol–water partition coefficient (Wildman–Crippen LogP) is 3.75. The van der Waals surface area contributed by atoms with Crippen LogP contribution in [0.1, 0.15) is 42.2 Å². The fraction of sp³-hybridized carbons (Fsp3) is 0.375. The number of thiazole rings is 1. The van der Waals surface area contributed by atoms with E-state index in [2.05, 4.69) is 49.4 Å². The minimum atomic E-state index is 0.219. The molecular weight excluding hydrogens is 280 g/mol. The van der Waals surface area contributed by atoms with Gasteiger partial charge in [-0.25, -0.2) is 4.98 Å². The Balaban J connectivity index is 1.79. The van der Waals surface area contributed by atoms with Gasteiger partial charge in [-0.05, 0) is 32.9 Å². The average Bonchev–Trinajstić information content (AvgIpc) is 3.03. The molecule has 21 heavy (non-hydrogen) atoms. The summed E-state index contributed by atoms with van der Waals surface area (Å²) in [5.41, 5.74) is 3.52. The molecular formula is C16H20N4S. The quantitative estimate of drug-likeness (QED) is 0.798. The van der Waals surface area contributed by atoms with Crippen LogP contribution in [-0.2, 0) is 7.05 Å². The van der Waals surface area contributed by atoms with Crippen LogP contribution in [0.2, 0.25) is 0 Å². The molecule has 4 nitrogen and oxygen atoms in total. The summed E-state index contributed by atoms with van der Waals surface area (Å²) in [7, 11) is 1.97. The zero-order valence-electron chi connectivity index (χ0n) is 12.8. The fourth-order valence-corrected chi connectivity index (χ4v) is 3.53. The Morgan fingerprint density at radius 1 is 1.19 bits per heavy atom. The summed E-state index contributed by atoms with van der Waals surface area (Å²) in [6.07, 6.45) is 1.94. The predicted molar refractivity (Wildman–Crippen MR) is 87.5 cm³/mol.